The molecule has 16 heavy (non-hydrogen) atoms. The normalized spacial score (nSPS) is 27.4. The van der Waals surface area contributed by atoms with Crippen LogP contribution >= 0.6 is 0 Å². The fourth-order valence-corrected chi connectivity index (χ4v) is 2.65. The average molecular weight is 226 g/mol. The second-order valence-corrected chi connectivity index (χ2v) is 5.31. The SMILES string of the molecule is CC(CCC(C)N1CCOCC1)N1CCC1. The molecule has 2 aliphatic heterocycles. The molecule has 2 aliphatic rings. The van der Waals surface area contributed by atoms with Gasteiger partial charge in [0, 0.05) is 25.2 Å². The summed E-state index contributed by atoms with van der Waals surface area (Å²) in [5, 5.41) is 0. The molecule has 2 rings (SSSR count). The van der Waals surface area contributed by atoms with Crippen molar-refractivity contribution in [2.45, 2.75) is 45.2 Å². The second-order valence-electron chi connectivity index (χ2n) is 5.31. The van der Waals surface area contributed by atoms with Gasteiger partial charge in [-0.25, -0.2) is 0 Å². The Kier molecular flexibility index (Phi) is 4.62. The lowest BCUT2D eigenvalue weighted by molar-refractivity contribution is 0.0157. The van der Waals surface area contributed by atoms with Crippen molar-refractivity contribution in [3.05, 3.63) is 0 Å². The van der Waals surface area contributed by atoms with Gasteiger partial charge in [0.25, 0.3) is 0 Å². The highest BCUT2D eigenvalue weighted by molar-refractivity contribution is 4.78. The lowest BCUT2D eigenvalue weighted by Crippen LogP contribution is -2.45. The molecule has 0 aromatic carbocycles. The Balaban J connectivity index is 1.63. The quantitative estimate of drug-likeness (QED) is 0.708. The highest BCUT2D eigenvalue weighted by Gasteiger charge is 2.22. The smallest absolute Gasteiger partial charge is 0.0594 e. The summed E-state index contributed by atoms with van der Waals surface area (Å²) in [5.74, 6) is 0. The molecule has 0 radical (unpaired) electrons. The van der Waals surface area contributed by atoms with Gasteiger partial charge in [0.15, 0.2) is 0 Å². The number of ether oxygens (including phenoxy) is 1. The van der Waals surface area contributed by atoms with E-state index in [0.717, 1.165) is 38.4 Å². The summed E-state index contributed by atoms with van der Waals surface area (Å²) in [6.45, 7) is 11.5. The zero-order chi connectivity index (χ0) is 11.4. The van der Waals surface area contributed by atoms with Gasteiger partial charge in [-0.15, -0.1) is 0 Å². The Bertz CT molecular complexity index is 200. The Morgan fingerprint density at radius 2 is 1.38 bits per heavy atom. The van der Waals surface area contributed by atoms with Crippen LogP contribution in [0.5, 0.6) is 0 Å². The summed E-state index contributed by atoms with van der Waals surface area (Å²) in [7, 11) is 0. The van der Waals surface area contributed by atoms with Crippen LogP contribution < -0.4 is 0 Å². The van der Waals surface area contributed by atoms with E-state index in [9.17, 15) is 0 Å². The molecule has 0 spiro atoms. The molecular weight excluding hydrogens is 200 g/mol. The third-order valence-electron chi connectivity index (χ3n) is 4.19. The Morgan fingerprint density at radius 3 is 1.81 bits per heavy atom. The van der Waals surface area contributed by atoms with Gasteiger partial charge in [0.05, 0.1) is 13.2 Å². The van der Waals surface area contributed by atoms with E-state index in [2.05, 4.69) is 23.6 Å². The summed E-state index contributed by atoms with van der Waals surface area (Å²) < 4.78 is 5.39. The minimum atomic E-state index is 0.729. The highest BCUT2D eigenvalue weighted by atomic mass is 16.5. The molecule has 2 atom stereocenters. The van der Waals surface area contributed by atoms with Crippen LogP contribution in [0, 0.1) is 0 Å². The standard InChI is InChI=1S/C13H26N2O/c1-12(14-6-3-7-14)4-5-13(2)15-8-10-16-11-9-15/h12-13H,3-11H2,1-2H3. The van der Waals surface area contributed by atoms with Gasteiger partial charge in [-0.2, -0.15) is 0 Å². The molecule has 0 bridgehead atoms. The summed E-state index contributed by atoms with van der Waals surface area (Å²) >= 11 is 0. The van der Waals surface area contributed by atoms with E-state index in [0.29, 0.717) is 0 Å². The van der Waals surface area contributed by atoms with Crippen molar-refractivity contribution in [3.63, 3.8) is 0 Å². The monoisotopic (exact) mass is 226 g/mol. The second kappa shape index (κ2) is 5.99. The average Bonchev–Trinajstić information content (AvgIpc) is 2.25. The summed E-state index contributed by atoms with van der Waals surface area (Å²) in [6.07, 6.45) is 4.08. The lowest BCUT2D eigenvalue weighted by Gasteiger charge is -2.38. The fourth-order valence-electron chi connectivity index (χ4n) is 2.65. The molecule has 0 N–H and O–H groups in total. The number of likely N-dealkylation sites (tertiary alicyclic amines) is 1. The van der Waals surface area contributed by atoms with E-state index in [1.165, 1.54) is 32.4 Å². The lowest BCUT2D eigenvalue weighted by atomic mass is 10.0. The van der Waals surface area contributed by atoms with Gasteiger partial charge in [0.2, 0.25) is 0 Å². The molecular formula is C13H26N2O. The van der Waals surface area contributed by atoms with E-state index in [1.807, 2.05) is 0 Å². The van der Waals surface area contributed by atoms with Gasteiger partial charge < -0.3 is 9.64 Å². The zero-order valence-corrected chi connectivity index (χ0v) is 10.8. The molecule has 0 saturated carbocycles. The van der Waals surface area contributed by atoms with E-state index in [1.54, 1.807) is 0 Å². The van der Waals surface area contributed by atoms with E-state index in [-0.39, 0.29) is 0 Å². The van der Waals surface area contributed by atoms with Gasteiger partial charge in [0.1, 0.15) is 0 Å². The van der Waals surface area contributed by atoms with Crippen LogP contribution in [0.3, 0.4) is 0 Å². The predicted octanol–water partition coefficient (Wildman–Crippen LogP) is 1.58. The zero-order valence-electron chi connectivity index (χ0n) is 10.8. The van der Waals surface area contributed by atoms with E-state index < -0.39 is 0 Å². The van der Waals surface area contributed by atoms with Gasteiger partial charge in [-0.1, -0.05) is 0 Å². The maximum Gasteiger partial charge on any atom is 0.0594 e. The third kappa shape index (κ3) is 3.19. The predicted molar refractivity (Wildman–Crippen MR) is 66.7 cm³/mol. The molecule has 0 amide bonds. The molecule has 3 nitrogen and oxygen atoms in total. The fraction of sp³-hybridized carbons (Fsp3) is 1.00. The van der Waals surface area contributed by atoms with Crippen molar-refractivity contribution in [2.24, 2.45) is 0 Å². The maximum atomic E-state index is 5.39. The molecule has 94 valence electrons. The molecule has 0 aromatic heterocycles. The molecule has 2 unspecified atom stereocenters. The van der Waals surface area contributed by atoms with Crippen molar-refractivity contribution >= 4 is 0 Å². The van der Waals surface area contributed by atoms with Crippen molar-refractivity contribution in [3.8, 4) is 0 Å². The minimum Gasteiger partial charge on any atom is -0.379 e. The molecule has 0 aromatic rings. The maximum absolute atomic E-state index is 5.39. The molecule has 0 aliphatic carbocycles. The summed E-state index contributed by atoms with van der Waals surface area (Å²) in [4.78, 5) is 5.18. The van der Waals surface area contributed by atoms with Crippen molar-refractivity contribution in [1.29, 1.82) is 0 Å². The first kappa shape index (κ1) is 12.3. The molecule has 2 heterocycles. The van der Waals surface area contributed by atoms with Gasteiger partial charge in [-0.05, 0) is 46.2 Å². The number of nitrogens with zero attached hydrogens (tertiary/aromatic N) is 2. The number of rotatable bonds is 5. The Labute approximate surface area is 99.7 Å². The molecule has 2 fully saturated rings. The Morgan fingerprint density at radius 1 is 0.875 bits per heavy atom. The van der Waals surface area contributed by atoms with Gasteiger partial charge >= 0.3 is 0 Å². The number of hydrogen-bond acceptors (Lipinski definition) is 3. The van der Waals surface area contributed by atoms with E-state index >= 15 is 0 Å². The van der Waals surface area contributed by atoms with Crippen LogP contribution in [0.4, 0.5) is 0 Å². The third-order valence-corrected chi connectivity index (χ3v) is 4.19. The van der Waals surface area contributed by atoms with E-state index in [4.69, 9.17) is 4.74 Å². The van der Waals surface area contributed by atoms with Crippen LogP contribution in [0.25, 0.3) is 0 Å². The Hall–Kier alpha value is -0.120. The first-order valence-electron chi connectivity index (χ1n) is 6.83. The van der Waals surface area contributed by atoms with Crippen LogP contribution in [-0.2, 0) is 4.74 Å². The topological polar surface area (TPSA) is 15.7 Å². The summed E-state index contributed by atoms with van der Waals surface area (Å²) in [6, 6.07) is 1.52. The number of morpholine rings is 1. The first-order chi connectivity index (χ1) is 7.77. The van der Waals surface area contributed by atoms with Crippen LogP contribution in [0.15, 0.2) is 0 Å². The van der Waals surface area contributed by atoms with Crippen LogP contribution in [0.1, 0.15) is 33.1 Å². The molecule has 2 saturated heterocycles. The van der Waals surface area contributed by atoms with Crippen molar-refractivity contribution in [2.75, 3.05) is 39.4 Å². The van der Waals surface area contributed by atoms with Crippen LogP contribution in [-0.4, -0.2) is 61.3 Å². The largest absolute Gasteiger partial charge is 0.379 e. The molecule has 3 heteroatoms. The highest BCUT2D eigenvalue weighted by Crippen LogP contribution is 2.17. The van der Waals surface area contributed by atoms with Crippen molar-refractivity contribution < 1.29 is 4.74 Å². The van der Waals surface area contributed by atoms with Gasteiger partial charge in [-0.3, -0.25) is 4.90 Å². The number of hydrogen-bond donors (Lipinski definition) is 0. The summed E-state index contributed by atoms with van der Waals surface area (Å²) in [5.41, 5.74) is 0. The minimum absolute atomic E-state index is 0.729. The van der Waals surface area contributed by atoms with Crippen LogP contribution in [0.2, 0.25) is 0 Å². The first-order valence-corrected chi connectivity index (χ1v) is 6.83. The van der Waals surface area contributed by atoms with Crippen molar-refractivity contribution in [1.82, 2.24) is 9.80 Å².